The second kappa shape index (κ2) is 6.50. The largest absolute Gasteiger partial charge is 1.00 e. The molecule has 2 rings (SSSR count). The van der Waals surface area contributed by atoms with Crippen molar-refractivity contribution >= 4 is 10.1 Å². The summed E-state index contributed by atoms with van der Waals surface area (Å²) in [7, 11) is -4.34. The normalized spacial score (nSPS) is 10.7. The van der Waals surface area contributed by atoms with Crippen molar-refractivity contribution in [3.8, 4) is 0 Å². The molecule has 0 atom stereocenters. The molecule has 0 aliphatic rings. The third-order valence-corrected chi connectivity index (χ3v) is 3.31. The van der Waals surface area contributed by atoms with Crippen LogP contribution in [0.15, 0.2) is 59.5 Å². The summed E-state index contributed by atoms with van der Waals surface area (Å²) < 4.78 is 32.2. The SMILES string of the molecule is O=S(=O)([O-])c1ccc(Cc2ccccc2)cc1.[Na+]. The van der Waals surface area contributed by atoms with Crippen LogP contribution in [0.5, 0.6) is 0 Å². The monoisotopic (exact) mass is 270 g/mol. The molecule has 5 heteroatoms. The van der Waals surface area contributed by atoms with Crippen LogP contribution in [0.3, 0.4) is 0 Å². The number of hydrogen-bond acceptors (Lipinski definition) is 3. The van der Waals surface area contributed by atoms with E-state index in [1.54, 1.807) is 12.1 Å². The standard InChI is InChI=1S/C13H12O3S.Na/c14-17(15,16)13-8-6-12(7-9-13)10-11-4-2-1-3-5-11;/h1-9H,10H2,(H,14,15,16);/q;+1/p-1. The van der Waals surface area contributed by atoms with Crippen molar-refractivity contribution in [2.45, 2.75) is 11.3 Å². The van der Waals surface area contributed by atoms with E-state index in [-0.39, 0.29) is 34.5 Å². The van der Waals surface area contributed by atoms with E-state index >= 15 is 0 Å². The second-order valence-corrected chi connectivity index (χ2v) is 5.14. The van der Waals surface area contributed by atoms with Gasteiger partial charge < -0.3 is 4.55 Å². The van der Waals surface area contributed by atoms with Gasteiger partial charge in [-0.15, -0.1) is 0 Å². The Morgan fingerprint density at radius 3 is 1.83 bits per heavy atom. The minimum Gasteiger partial charge on any atom is -0.744 e. The van der Waals surface area contributed by atoms with Crippen LogP contribution in [0.25, 0.3) is 0 Å². The van der Waals surface area contributed by atoms with Crippen LogP contribution in [0.1, 0.15) is 11.1 Å². The molecule has 0 spiro atoms. The molecule has 0 aromatic heterocycles. The molecule has 0 saturated carbocycles. The summed E-state index contributed by atoms with van der Waals surface area (Å²) in [6, 6.07) is 15.9. The van der Waals surface area contributed by atoms with Gasteiger partial charge in [0.15, 0.2) is 0 Å². The first-order chi connectivity index (χ1) is 8.05. The molecule has 0 bridgehead atoms. The van der Waals surface area contributed by atoms with Crippen LogP contribution in [0.4, 0.5) is 0 Å². The van der Waals surface area contributed by atoms with E-state index in [9.17, 15) is 13.0 Å². The zero-order valence-electron chi connectivity index (χ0n) is 10.0. The van der Waals surface area contributed by atoms with Gasteiger partial charge in [-0.2, -0.15) is 0 Å². The first-order valence-electron chi connectivity index (χ1n) is 5.14. The molecule has 18 heavy (non-hydrogen) atoms. The topological polar surface area (TPSA) is 57.2 Å². The van der Waals surface area contributed by atoms with Gasteiger partial charge in [-0.3, -0.25) is 0 Å². The Labute approximate surface area is 129 Å². The van der Waals surface area contributed by atoms with E-state index in [4.69, 9.17) is 0 Å². The van der Waals surface area contributed by atoms with Crippen molar-refractivity contribution in [3.63, 3.8) is 0 Å². The summed E-state index contributed by atoms with van der Waals surface area (Å²) in [6.45, 7) is 0. The van der Waals surface area contributed by atoms with Crippen LogP contribution in [-0.4, -0.2) is 13.0 Å². The molecule has 0 radical (unpaired) electrons. The van der Waals surface area contributed by atoms with Gasteiger partial charge in [0.05, 0.1) is 4.90 Å². The van der Waals surface area contributed by atoms with Crippen molar-refractivity contribution in [2.24, 2.45) is 0 Å². The minimum atomic E-state index is -4.34. The van der Waals surface area contributed by atoms with Gasteiger partial charge in [0, 0.05) is 0 Å². The van der Waals surface area contributed by atoms with Crippen LogP contribution in [-0.2, 0) is 16.5 Å². The molecule has 0 heterocycles. The first-order valence-corrected chi connectivity index (χ1v) is 6.55. The average Bonchev–Trinajstić information content (AvgIpc) is 2.30. The Balaban J connectivity index is 0.00000162. The van der Waals surface area contributed by atoms with E-state index in [0.29, 0.717) is 0 Å². The van der Waals surface area contributed by atoms with Gasteiger partial charge in [0.2, 0.25) is 0 Å². The molecule has 0 fully saturated rings. The molecule has 0 aliphatic heterocycles. The van der Waals surface area contributed by atoms with E-state index in [0.717, 1.165) is 17.5 Å². The van der Waals surface area contributed by atoms with Gasteiger partial charge in [-0.25, -0.2) is 8.42 Å². The minimum absolute atomic E-state index is 0. The fourth-order valence-corrected chi connectivity index (χ4v) is 2.07. The molecule has 0 aliphatic carbocycles. The van der Waals surface area contributed by atoms with Gasteiger partial charge >= 0.3 is 29.6 Å². The number of benzene rings is 2. The summed E-state index contributed by atoms with van der Waals surface area (Å²) >= 11 is 0. The maximum absolute atomic E-state index is 10.7. The second-order valence-electron chi connectivity index (χ2n) is 3.76. The van der Waals surface area contributed by atoms with Crippen LogP contribution in [0.2, 0.25) is 0 Å². The molecule has 2 aromatic carbocycles. The summed E-state index contributed by atoms with van der Waals surface area (Å²) in [5.74, 6) is 0. The Morgan fingerprint density at radius 1 is 0.833 bits per heavy atom. The molecule has 0 N–H and O–H groups in total. The molecular weight excluding hydrogens is 259 g/mol. The summed E-state index contributed by atoms with van der Waals surface area (Å²) in [5.41, 5.74) is 2.12. The van der Waals surface area contributed by atoms with Crippen LogP contribution >= 0.6 is 0 Å². The van der Waals surface area contributed by atoms with Crippen molar-refractivity contribution in [2.75, 3.05) is 0 Å². The van der Waals surface area contributed by atoms with Gasteiger partial charge in [-0.1, -0.05) is 42.5 Å². The zero-order chi connectivity index (χ0) is 12.3. The first kappa shape index (κ1) is 15.4. The fraction of sp³-hybridized carbons (Fsp3) is 0.0769. The Morgan fingerprint density at radius 2 is 1.33 bits per heavy atom. The maximum Gasteiger partial charge on any atom is 1.00 e. The van der Waals surface area contributed by atoms with Gasteiger partial charge in [0.25, 0.3) is 0 Å². The van der Waals surface area contributed by atoms with Crippen molar-refractivity contribution < 1.29 is 42.5 Å². The molecule has 88 valence electrons. The van der Waals surface area contributed by atoms with Crippen molar-refractivity contribution in [1.29, 1.82) is 0 Å². The Kier molecular flexibility index (Phi) is 5.56. The summed E-state index contributed by atoms with van der Waals surface area (Å²) in [5, 5.41) is 0. The predicted molar refractivity (Wildman–Crippen MR) is 63.7 cm³/mol. The van der Waals surface area contributed by atoms with Crippen molar-refractivity contribution in [1.82, 2.24) is 0 Å². The number of hydrogen-bond donors (Lipinski definition) is 0. The zero-order valence-corrected chi connectivity index (χ0v) is 12.9. The third-order valence-electron chi connectivity index (χ3n) is 2.46. The van der Waals surface area contributed by atoms with Crippen LogP contribution in [0, 0.1) is 0 Å². The Hall–Kier alpha value is -0.650. The fourth-order valence-electron chi connectivity index (χ4n) is 1.61. The molecular formula is C13H11NaO3S. The summed E-state index contributed by atoms with van der Waals surface area (Å²) in [6.07, 6.45) is 0.722. The quantitative estimate of drug-likeness (QED) is 0.541. The van der Waals surface area contributed by atoms with E-state index < -0.39 is 10.1 Å². The van der Waals surface area contributed by atoms with Crippen LogP contribution < -0.4 is 29.6 Å². The van der Waals surface area contributed by atoms with E-state index in [1.807, 2.05) is 30.3 Å². The molecule has 0 amide bonds. The maximum atomic E-state index is 10.7. The third kappa shape index (κ3) is 4.23. The molecule has 2 aromatic rings. The molecule has 0 saturated heterocycles. The van der Waals surface area contributed by atoms with Crippen molar-refractivity contribution in [3.05, 3.63) is 65.7 Å². The summed E-state index contributed by atoms with van der Waals surface area (Å²) in [4.78, 5) is -0.186. The van der Waals surface area contributed by atoms with E-state index in [1.165, 1.54) is 12.1 Å². The molecule has 3 nitrogen and oxygen atoms in total. The van der Waals surface area contributed by atoms with Gasteiger partial charge in [-0.05, 0) is 29.7 Å². The average molecular weight is 270 g/mol. The predicted octanol–water partition coefficient (Wildman–Crippen LogP) is -0.814. The molecule has 0 unspecified atom stereocenters. The van der Waals surface area contributed by atoms with E-state index in [2.05, 4.69) is 0 Å². The van der Waals surface area contributed by atoms with Gasteiger partial charge in [0.1, 0.15) is 10.1 Å². The smallest absolute Gasteiger partial charge is 0.744 e. The Bertz CT molecular complexity index is 592. The number of rotatable bonds is 3.